The van der Waals surface area contributed by atoms with Crippen molar-refractivity contribution in [1.29, 1.82) is 5.26 Å². The summed E-state index contributed by atoms with van der Waals surface area (Å²) in [5.41, 5.74) is -1.48. The molecule has 3 saturated heterocycles. The van der Waals surface area contributed by atoms with Crippen LogP contribution in [0.15, 0.2) is 12.1 Å². The van der Waals surface area contributed by atoms with Crippen LogP contribution in [0.1, 0.15) is 77.5 Å². The SMILES string of the molecule is CN1CCC(F)(F)C(COc2nc(N3C4CCC3CN(C(=O)OC(C)(C)C)C4)c3c4c(c(-c5c(F)ccc6sc(NC(=O)OC(C)(C)C)c(C#N)c56)c(F)c3n2)COC4)C1. The standard InChI is InChI=1S/C42H47F4N7O6S/c1-40(2,3)58-38(54)50-36-24(14-47)29-28(60-36)11-10-27(43)32(29)30-25-19-56-20-26(25)31-34(33(30)44)48-37(57-18-21-15-51(7)13-12-42(21,45)46)49-35(31)53-22-8-9-23(53)17-52(16-22)39(55)59-41(4,5)6/h10-11,21-23H,8-9,12-13,15-20H2,1-7H3,(H,50,54). The third-order valence-corrected chi connectivity index (χ3v) is 12.4. The zero-order valence-electron chi connectivity index (χ0n) is 34.5. The van der Waals surface area contributed by atoms with Crippen LogP contribution in [0, 0.1) is 28.9 Å². The van der Waals surface area contributed by atoms with E-state index in [4.69, 9.17) is 23.9 Å². The number of aromatic nitrogens is 2. The Bertz CT molecular complexity index is 2430. The number of halogens is 4. The molecule has 3 fully saturated rings. The molecule has 0 saturated carbocycles. The number of piperidine rings is 1. The van der Waals surface area contributed by atoms with E-state index in [1.807, 2.05) is 4.90 Å². The fourth-order valence-electron chi connectivity index (χ4n) is 8.72. The molecule has 2 aromatic carbocycles. The number of anilines is 2. The number of likely N-dealkylation sites (tertiary alicyclic amines) is 2. The van der Waals surface area contributed by atoms with E-state index in [9.17, 15) is 14.9 Å². The quantitative estimate of drug-likeness (QED) is 0.186. The van der Waals surface area contributed by atoms with Gasteiger partial charge in [0.25, 0.3) is 5.92 Å². The minimum atomic E-state index is -3.02. The van der Waals surface area contributed by atoms with Gasteiger partial charge in [0.15, 0.2) is 5.82 Å². The van der Waals surface area contributed by atoms with Crippen LogP contribution in [0.2, 0.25) is 0 Å². The average Bonchev–Trinajstić information content (AvgIpc) is 3.84. The second-order valence-corrected chi connectivity index (χ2v) is 19.0. The van der Waals surface area contributed by atoms with Crippen LogP contribution in [0.25, 0.3) is 32.1 Å². The summed E-state index contributed by atoms with van der Waals surface area (Å²) in [6, 6.07) is 3.81. The summed E-state index contributed by atoms with van der Waals surface area (Å²) < 4.78 is 88.0. The lowest BCUT2D eigenvalue weighted by molar-refractivity contribution is -0.113. The molecule has 2 aromatic heterocycles. The maximum absolute atomic E-state index is 17.8. The van der Waals surface area contributed by atoms with Crippen LogP contribution in [-0.2, 0) is 27.4 Å². The largest absolute Gasteiger partial charge is 0.463 e. The van der Waals surface area contributed by atoms with E-state index < -0.39 is 53.5 Å². The molecule has 60 heavy (non-hydrogen) atoms. The maximum Gasteiger partial charge on any atom is 0.412 e. The third-order valence-electron chi connectivity index (χ3n) is 11.3. The Hall–Kier alpha value is -4.99. The molecule has 0 spiro atoms. The lowest BCUT2D eigenvalue weighted by Gasteiger charge is -2.42. The molecule has 1 N–H and O–H groups in total. The normalized spacial score (nSPS) is 21.6. The predicted molar refractivity (Wildman–Crippen MR) is 216 cm³/mol. The number of amides is 2. The van der Waals surface area contributed by atoms with Crippen LogP contribution in [0.5, 0.6) is 6.01 Å². The Balaban J connectivity index is 1.29. The number of thiophene rings is 1. The van der Waals surface area contributed by atoms with Crippen LogP contribution in [0.4, 0.5) is 38.0 Å². The fraction of sp³-hybridized carbons (Fsp3) is 0.548. The number of nitrogens with one attached hydrogen (secondary N) is 1. The molecular weight excluding hydrogens is 807 g/mol. The van der Waals surface area contributed by atoms with Gasteiger partial charge in [-0.05, 0) is 84.7 Å². The van der Waals surface area contributed by atoms with Gasteiger partial charge in [-0.25, -0.2) is 27.2 Å². The van der Waals surface area contributed by atoms with E-state index in [1.165, 1.54) is 12.1 Å². The molecule has 3 unspecified atom stereocenters. The van der Waals surface area contributed by atoms with Crippen LogP contribution < -0.4 is 15.0 Å². The van der Waals surface area contributed by atoms with Crippen LogP contribution in [0.3, 0.4) is 0 Å². The van der Waals surface area contributed by atoms with Gasteiger partial charge in [-0.1, -0.05) is 0 Å². The zero-order valence-corrected chi connectivity index (χ0v) is 35.3. The first kappa shape index (κ1) is 41.7. The number of fused-ring (bicyclic) bond motifs is 6. The Labute approximate surface area is 348 Å². The van der Waals surface area contributed by atoms with Crippen molar-refractivity contribution in [3.63, 3.8) is 0 Å². The number of carbonyl (C=O) groups excluding carboxylic acids is 2. The average molecular weight is 854 g/mol. The number of nitrogens with zero attached hydrogens (tertiary/aromatic N) is 6. The minimum absolute atomic E-state index is 0.0126. The van der Waals surface area contributed by atoms with E-state index in [-0.39, 0.29) is 96.5 Å². The van der Waals surface area contributed by atoms with Gasteiger partial charge in [0.2, 0.25) is 0 Å². The number of ether oxygens (including phenoxy) is 4. The summed E-state index contributed by atoms with van der Waals surface area (Å²) in [5.74, 6) is -5.71. The molecule has 2 bridgehead atoms. The molecule has 3 atom stereocenters. The minimum Gasteiger partial charge on any atom is -0.463 e. The van der Waals surface area contributed by atoms with E-state index in [0.717, 1.165) is 11.3 Å². The number of hydrogen-bond donors (Lipinski definition) is 1. The Morgan fingerprint density at radius 3 is 2.33 bits per heavy atom. The summed E-state index contributed by atoms with van der Waals surface area (Å²) in [5, 5.41) is 13.5. The highest BCUT2D eigenvalue weighted by Crippen LogP contribution is 2.50. The monoisotopic (exact) mass is 853 g/mol. The van der Waals surface area contributed by atoms with Crippen molar-refractivity contribution in [2.75, 3.05) is 50.1 Å². The molecule has 0 radical (unpaired) electrons. The van der Waals surface area contributed by atoms with E-state index in [0.29, 0.717) is 39.9 Å². The second kappa shape index (κ2) is 15.2. The number of carbonyl (C=O) groups is 2. The summed E-state index contributed by atoms with van der Waals surface area (Å²) in [6.45, 7) is 10.7. The molecule has 320 valence electrons. The van der Waals surface area contributed by atoms with Gasteiger partial charge >= 0.3 is 18.2 Å². The molecule has 4 aromatic rings. The third kappa shape index (κ3) is 7.75. The molecule has 13 nitrogen and oxygen atoms in total. The highest BCUT2D eigenvalue weighted by molar-refractivity contribution is 7.23. The van der Waals surface area contributed by atoms with Crippen molar-refractivity contribution in [3.05, 3.63) is 40.5 Å². The van der Waals surface area contributed by atoms with Crippen molar-refractivity contribution < 1.29 is 46.1 Å². The number of piperazine rings is 1. The number of hydrogen-bond acceptors (Lipinski definition) is 12. The molecule has 6 heterocycles. The predicted octanol–water partition coefficient (Wildman–Crippen LogP) is 8.59. The Morgan fingerprint density at radius 1 is 0.983 bits per heavy atom. The van der Waals surface area contributed by atoms with Gasteiger partial charge in [0, 0.05) is 65.9 Å². The van der Waals surface area contributed by atoms with Gasteiger partial charge < -0.3 is 33.6 Å². The van der Waals surface area contributed by atoms with Gasteiger partial charge in [-0.3, -0.25) is 5.32 Å². The lowest BCUT2D eigenvalue weighted by Crippen LogP contribution is -2.56. The van der Waals surface area contributed by atoms with Gasteiger partial charge in [-0.2, -0.15) is 15.2 Å². The molecule has 4 aliphatic heterocycles. The van der Waals surface area contributed by atoms with E-state index in [2.05, 4.69) is 16.4 Å². The highest BCUT2D eigenvalue weighted by Gasteiger charge is 2.46. The van der Waals surface area contributed by atoms with Gasteiger partial charge in [0.1, 0.15) is 46.0 Å². The summed E-state index contributed by atoms with van der Waals surface area (Å²) in [4.78, 5) is 40.9. The topological polar surface area (TPSA) is 142 Å². The molecule has 18 heteroatoms. The van der Waals surface area contributed by atoms with Crippen LogP contribution in [-0.4, -0.2) is 101 Å². The summed E-state index contributed by atoms with van der Waals surface area (Å²) in [6.07, 6.45) is -0.282. The van der Waals surface area contributed by atoms with Crippen LogP contribution >= 0.6 is 11.3 Å². The second-order valence-electron chi connectivity index (χ2n) is 18.0. The zero-order chi connectivity index (χ0) is 43.1. The lowest BCUT2D eigenvalue weighted by atomic mass is 9.90. The number of benzene rings is 2. The Morgan fingerprint density at radius 2 is 1.67 bits per heavy atom. The summed E-state index contributed by atoms with van der Waals surface area (Å²) >= 11 is 1.01. The fourth-order valence-corrected chi connectivity index (χ4v) is 9.77. The van der Waals surface area contributed by atoms with E-state index in [1.54, 1.807) is 58.4 Å². The van der Waals surface area contributed by atoms with Crippen molar-refractivity contribution >= 4 is 55.3 Å². The first-order valence-corrected chi connectivity index (χ1v) is 20.8. The number of nitriles is 1. The van der Waals surface area contributed by atoms with Gasteiger partial charge in [0.05, 0.1) is 30.1 Å². The van der Waals surface area contributed by atoms with Crippen molar-refractivity contribution in [1.82, 2.24) is 19.8 Å². The number of alkyl halides is 2. The first-order chi connectivity index (χ1) is 28.2. The number of rotatable bonds is 6. The van der Waals surface area contributed by atoms with Crippen molar-refractivity contribution in [2.24, 2.45) is 5.92 Å². The molecule has 8 rings (SSSR count). The molecular formula is C42H47F4N7O6S. The summed E-state index contributed by atoms with van der Waals surface area (Å²) in [7, 11) is 1.75. The molecule has 2 amide bonds. The van der Waals surface area contributed by atoms with Gasteiger partial charge in [-0.15, -0.1) is 11.3 Å². The first-order valence-electron chi connectivity index (χ1n) is 20.0. The smallest absolute Gasteiger partial charge is 0.412 e. The highest BCUT2D eigenvalue weighted by atomic mass is 32.1. The van der Waals surface area contributed by atoms with Crippen molar-refractivity contribution in [3.8, 4) is 23.2 Å². The van der Waals surface area contributed by atoms with E-state index >= 15 is 17.6 Å². The Kier molecular flexibility index (Phi) is 10.6. The maximum atomic E-state index is 17.8. The molecule has 4 aliphatic rings. The van der Waals surface area contributed by atoms with Crippen molar-refractivity contribution in [2.45, 2.75) is 103 Å². The molecule has 0 aliphatic carbocycles.